The molecule has 1 N–H and O–H groups in total. The molecule has 2 rings (SSSR count). The molecule has 0 bridgehead atoms. The lowest BCUT2D eigenvalue weighted by atomic mass is 9.83. The minimum atomic E-state index is -1.24. The Morgan fingerprint density at radius 1 is 1.19 bits per heavy atom. The van der Waals surface area contributed by atoms with Gasteiger partial charge in [0.2, 0.25) is 0 Å². The molecule has 0 aliphatic carbocycles. The quantitative estimate of drug-likeness (QED) is 0.734. The summed E-state index contributed by atoms with van der Waals surface area (Å²) in [5.74, 6) is -1.12. The Morgan fingerprint density at radius 3 is 2.15 bits per heavy atom. The van der Waals surface area contributed by atoms with Gasteiger partial charge in [-0.3, -0.25) is 9.36 Å². The van der Waals surface area contributed by atoms with Gasteiger partial charge in [-0.25, -0.2) is 4.79 Å². The summed E-state index contributed by atoms with van der Waals surface area (Å²) in [4.78, 5) is 25.4. The first-order chi connectivity index (χ1) is 12.2. The molecule has 7 heteroatoms. The maximum absolute atomic E-state index is 13.3. The van der Waals surface area contributed by atoms with Gasteiger partial charge >= 0.3 is 5.97 Å². The predicted octanol–water partition coefficient (Wildman–Crippen LogP) is 5.36. The van der Waals surface area contributed by atoms with Crippen molar-refractivity contribution in [2.75, 3.05) is 7.11 Å². The molecule has 0 aliphatic heterocycles. The van der Waals surface area contributed by atoms with E-state index in [0.717, 1.165) is 0 Å². The summed E-state index contributed by atoms with van der Waals surface area (Å²) in [7, 11) is 1.39. The van der Waals surface area contributed by atoms with Crippen molar-refractivity contribution < 1.29 is 14.6 Å². The fourth-order valence-corrected chi connectivity index (χ4v) is 3.90. The number of pyridine rings is 1. The van der Waals surface area contributed by atoms with Gasteiger partial charge < -0.3 is 9.84 Å². The number of aromatic carboxylic acids is 1. The number of nitrogens with zero attached hydrogens (tertiary/aromatic N) is 1. The molecule has 0 unspecified atom stereocenters. The minimum absolute atomic E-state index is 0.116. The Kier molecular flexibility index (Phi) is 5.61. The van der Waals surface area contributed by atoms with Crippen molar-refractivity contribution in [3.05, 3.63) is 37.7 Å². The van der Waals surface area contributed by atoms with Crippen molar-refractivity contribution >= 4 is 39.9 Å². The second kappa shape index (κ2) is 7.02. The lowest BCUT2D eigenvalue weighted by molar-refractivity contribution is 0.0676. The highest BCUT2D eigenvalue weighted by molar-refractivity contribution is 6.43. The zero-order valence-electron chi connectivity index (χ0n) is 16.7. The van der Waals surface area contributed by atoms with Gasteiger partial charge in [-0.2, -0.15) is 0 Å². The van der Waals surface area contributed by atoms with E-state index < -0.39 is 16.9 Å². The van der Waals surface area contributed by atoms with Crippen molar-refractivity contribution in [2.45, 2.75) is 53.5 Å². The smallest absolute Gasteiger partial charge is 0.356 e. The fourth-order valence-electron chi connectivity index (χ4n) is 3.26. The van der Waals surface area contributed by atoms with Crippen LogP contribution in [0.15, 0.2) is 10.9 Å². The fraction of sp³-hybridized carbons (Fsp3) is 0.500. The third-order valence-electron chi connectivity index (χ3n) is 4.20. The summed E-state index contributed by atoms with van der Waals surface area (Å²) in [6, 6.07) is 1.49. The highest BCUT2D eigenvalue weighted by atomic mass is 35.5. The second-order valence-electron chi connectivity index (χ2n) is 8.86. The zero-order valence-corrected chi connectivity index (χ0v) is 18.2. The van der Waals surface area contributed by atoms with Crippen LogP contribution in [-0.2, 0) is 12.0 Å². The van der Waals surface area contributed by atoms with E-state index in [2.05, 4.69) is 0 Å². The van der Waals surface area contributed by atoms with Crippen LogP contribution in [0.4, 0.5) is 0 Å². The molecular weight excluding hydrogens is 389 g/mol. The molecule has 0 amide bonds. The monoisotopic (exact) mass is 413 g/mol. The summed E-state index contributed by atoms with van der Waals surface area (Å²) in [6.07, 6.45) is 0. The third kappa shape index (κ3) is 3.94. The van der Waals surface area contributed by atoms with Crippen LogP contribution in [-0.4, -0.2) is 22.8 Å². The summed E-state index contributed by atoms with van der Waals surface area (Å²) in [5.41, 5.74) is -0.844. The van der Waals surface area contributed by atoms with Crippen LogP contribution in [0.3, 0.4) is 0 Å². The van der Waals surface area contributed by atoms with Crippen molar-refractivity contribution in [1.82, 2.24) is 4.57 Å². The SMILES string of the molecule is COc1c(C(=O)O)n(CC(C)(C)C)c(=O)c2cc(Cl)c(Cl)c(C(C)(C)C)c12. The number of fused-ring (bicyclic) bond motifs is 1. The van der Waals surface area contributed by atoms with E-state index in [9.17, 15) is 14.7 Å². The van der Waals surface area contributed by atoms with Crippen molar-refractivity contribution in [1.29, 1.82) is 0 Å². The van der Waals surface area contributed by atoms with Crippen molar-refractivity contribution in [3.8, 4) is 5.75 Å². The molecule has 1 aromatic carbocycles. The number of carboxylic acid groups (broad SMARTS) is 1. The number of carboxylic acids is 1. The normalized spacial score (nSPS) is 12.5. The van der Waals surface area contributed by atoms with E-state index in [1.54, 1.807) is 0 Å². The molecule has 0 aliphatic rings. The number of hydrogen-bond acceptors (Lipinski definition) is 3. The van der Waals surface area contributed by atoms with Crippen molar-refractivity contribution in [3.63, 3.8) is 0 Å². The highest BCUT2D eigenvalue weighted by Crippen LogP contribution is 2.44. The lowest BCUT2D eigenvalue weighted by Gasteiger charge is -2.27. The molecule has 27 heavy (non-hydrogen) atoms. The van der Waals surface area contributed by atoms with Crippen LogP contribution in [0.1, 0.15) is 57.6 Å². The number of carbonyl (C=O) groups is 1. The molecule has 0 saturated carbocycles. The summed E-state index contributed by atoms with van der Waals surface area (Å²) < 4.78 is 6.77. The average Bonchev–Trinajstić information content (AvgIpc) is 2.48. The second-order valence-corrected chi connectivity index (χ2v) is 9.64. The number of aromatic nitrogens is 1. The minimum Gasteiger partial charge on any atom is -0.494 e. The lowest BCUT2D eigenvalue weighted by Crippen LogP contribution is -2.32. The molecule has 0 fully saturated rings. The van der Waals surface area contributed by atoms with Gasteiger partial charge in [-0.15, -0.1) is 0 Å². The molecule has 1 aromatic heterocycles. The van der Waals surface area contributed by atoms with Gasteiger partial charge in [0.05, 0.1) is 22.5 Å². The summed E-state index contributed by atoms with van der Waals surface area (Å²) >= 11 is 12.8. The Hall–Kier alpha value is -1.72. The van der Waals surface area contributed by atoms with Gasteiger partial charge in [0, 0.05) is 11.9 Å². The largest absolute Gasteiger partial charge is 0.494 e. The molecule has 0 atom stereocenters. The van der Waals surface area contributed by atoms with E-state index in [4.69, 9.17) is 27.9 Å². The molecule has 148 valence electrons. The molecule has 0 saturated heterocycles. The topological polar surface area (TPSA) is 68.5 Å². The van der Waals surface area contributed by atoms with Crippen LogP contribution in [0, 0.1) is 5.41 Å². The van der Waals surface area contributed by atoms with Crippen LogP contribution in [0.25, 0.3) is 10.8 Å². The molecule has 0 spiro atoms. The van der Waals surface area contributed by atoms with E-state index >= 15 is 0 Å². The van der Waals surface area contributed by atoms with Gasteiger partial charge in [0.1, 0.15) is 0 Å². The van der Waals surface area contributed by atoms with Gasteiger partial charge in [-0.1, -0.05) is 64.7 Å². The van der Waals surface area contributed by atoms with E-state index in [1.165, 1.54) is 17.7 Å². The molecular formula is C20H25Cl2NO4. The van der Waals surface area contributed by atoms with E-state index in [0.29, 0.717) is 21.4 Å². The first-order valence-electron chi connectivity index (χ1n) is 8.57. The first-order valence-corrected chi connectivity index (χ1v) is 9.32. The Balaban J connectivity index is 3.22. The third-order valence-corrected chi connectivity index (χ3v) is 4.98. The number of hydrogen-bond donors (Lipinski definition) is 1. The number of benzene rings is 1. The molecule has 5 nitrogen and oxygen atoms in total. The van der Waals surface area contributed by atoms with Crippen LogP contribution >= 0.6 is 23.2 Å². The van der Waals surface area contributed by atoms with Gasteiger partial charge in [0.25, 0.3) is 5.56 Å². The van der Waals surface area contributed by atoms with Crippen LogP contribution in [0.2, 0.25) is 10.0 Å². The maximum Gasteiger partial charge on any atom is 0.356 e. The number of methoxy groups -OCH3 is 1. The number of ether oxygens (including phenoxy) is 1. The summed E-state index contributed by atoms with van der Waals surface area (Å²) in [5, 5.41) is 11.1. The first kappa shape index (κ1) is 21.6. The van der Waals surface area contributed by atoms with Crippen LogP contribution < -0.4 is 10.3 Å². The average molecular weight is 414 g/mol. The summed E-state index contributed by atoms with van der Waals surface area (Å²) in [6.45, 7) is 11.8. The number of rotatable bonds is 3. The maximum atomic E-state index is 13.3. The molecule has 0 radical (unpaired) electrons. The predicted molar refractivity (Wildman–Crippen MR) is 110 cm³/mol. The molecule has 2 aromatic rings. The van der Waals surface area contributed by atoms with Gasteiger partial charge in [0.15, 0.2) is 11.4 Å². The Morgan fingerprint density at radius 2 is 1.74 bits per heavy atom. The van der Waals surface area contributed by atoms with Crippen molar-refractivity contribution in [2.24, 2.45) is 5.41 Å². The number of halogens is 2. The Bertz CT molecular complexity index is 979. The zero-order chi connectivity index (χ0) is 20.9. The standard InChI is InChI=1S/C20H25Cl2NO4/c1-19(2,3)9-23-15(18(25)26)16(27-7)12-10(17(23)24)8-11(21)14(22)13(12)20(4,5)6/h8H,9H2,1-7H3,(H,25,26). The highest BCUT2D eigenvalue weighted by Gasteiger charge is 2.31. The van der Waals surface area contributed by atoms with E-state index in [-0.39, 0.29) is 28.4 Å². The van der Waals surface area contributed by atoms with E-state index in [1.807, 2.05) is 41.5 Å². The Labute approximate surface area is 168 Å². The molecule has 1 heterocycles. The van der Waals surface area contributed by atoms with Gasteiger partial charge in [-0.05, 0) is 22.5 Å². The van der Waals surface area contributed by atoms with Crippen LogP contribution in [0.5, 0.6) is 5.75 Å².